The number of sulfone groups is 1. The standard InChI is InChI=1S/C34H47F4NO4S/c1-26(40)25-39(21-6-7-22-44(42,43)23-9-19-34(36,37)38)20-5-3-2-4-11-33-31(27-13-15-29(35)16-14-27)12-8-10-28-24-30(41)17-18-32(28)33/h13-18,24,26,40-41H,2-12,19-23,25H2,1H3. The number of aliphatic hydroxyl groups excluding tert-OH is 1. The Morgan fingerprint density at radius 3 is 2.23 bits per heavy atom. The number of rotatable bonds is 18. The Kier molecular flexibility index (Phi) is 14.2. The van der Waals surface area contributed by atoms with E-state index in [-0.39, 0.29) is 17.3 Å². The van der Waals surface area contributed by atoms with Crippen LogP contribution in [0.15, 0.2) is 42.5 Å². The lowest BCUT2D eigenvalue weighted by atomic mass is 9.89. The van der Waals surface area contributed by atoms with E-state index in [9.17, 15) is 36.2 Å². The lowest BCUT2D eigenvalue weighted by Crippen LogP contribution is -2.33. The molecule has 0 aromatic heterocycles. The van der Waals surface area contributed by atoms with Gasteiger partial charge in [0.15, 0.2) is 0 Å². The van der Waals surface area contributed by atoms with Crippen LogP contribution in [0.2, 0.25) is 0 Å². The van der Waals surface area contributed by atoms with Gasteiger partial charge in [-0.1, -0.05) is 31.0 Å². The van der Waals surface area contributed by atoms with Crippen molar-refractivity contribution in [2.45, 2.75) is 96.3 Å². The first-order valence-corrected chi connectivity index (χ1v) is 17.6. The molecule has 0 amide bonds. The summed E-state index contributed by atoms with van der Waals surface area (Å²) in [6.07, 6.45) is 2.13. The molecule has 246 valence electrons. The number of halogens is 4. The van der Waals surface area contributed by atoms with Crippen molar-refractivity contribution in [2.24, 2.45) is 0 Å². The van der Waals surface area contributed by atoms with Crippen LogP contribution in [-0.4, -0.2) is 67.0 Å². The first-order chi connectivity index (χ1) is 20.8. The highest BCUT2D eigenvalue weighted by Crippen LogP contribution is 2.39. The van der Waals surface area contributed by atoms with Gasteiger partial charge < -0.3 is 15.1 Å². The Labute approximate surface area is 259 Å². The summed E-state index contributed by atoms with van der Waals surface area (Å²) in [5, 5.41) is 20.0. The number of aryl methyl sites for hydroxylation is 1. The van der Waals surface area contributed by atoms with Crippen molar-refractivity contribution in [2.75, 3.05) is 31.1 Å². The molecule has 0 fully saturated rings. The fourth-order valence-corrected chi connectivity index (χ4v) is 7.45. The third-order valence-electron chi connectivity index (χ3n) is 8.11. The molecular weight excluding hydrogens is 594 g/mol. The van der Waals surface area contributed by atoms with E-state index in [1.165, 1.54) is 23.3 Å². The minimum atomic E-state index is -4.34. The van der Waals surface area contributed by atoms with Crippen LogP contribution < -0.4 is 0 Å². The fourth-order valence-electron chi connectivity index (χ4n) is 6.02. The van der Waals surface area contributed by atoms with Gasteiger partial charge in [0.2, 0.25) is 0 Å². The van der Waals surface area contributed by atoms with Crippen molar-refractivity contribution in [3.8, 4) is 5.75 Å². The molecule has 3 rings (SSSR count). The lowest BCUT2D eigenvalue weighted by molar-refractivity contribution is -0.134. The molecule has 2 aromatic carbocycles. The molecule has 1 aliphatic rings. The zero-order valence-electron chi connectivity index (χ0n) is 25.7. The summed E-state index contributed by atoms with van der Waals surface area (Å²) in [6.45, 7) is 3.60. The summed E-state index contributed by atoms with van der Waals surface area (Å²) in [7, 11) is -3.51. The molecule has 2 aromatic rings. The van der Waals surface area contributed by atoms with E-state index in [0.29, 0.717) is 25.9 Å². The number of benzene rings is 2. The summed E-state index contributed by atoms with van der Waals surface area (Å²) < 4.78 is 74.8. The van der Waals surface area contributed by atoms with Crippen LogP contribution in [-0.2, 0) is 16.3 Å². The number of hydrogen-bond donors (Lipinski definition) is 2. The van der Waals surface area contributed by atoms with Crippen LogP contribution >= 0.6 is 0 Å². The Morgan fingerprint density at radius 2 is 1.55 bits per heavy atom. The largest absolute Gasteiger partial charge is 0.508 e. The highest BCUT2D eigenvalue weighted by Gasteiger charge is 2.27. The van der Waals surface area contributed by atoms with Gasteiger partial charge in [-0.3, -0.25) is 0 Å². The van der Waals surface area contributed by atoms with Gasteiger partial charge in [0.25, 0.3) is 0 Å². The molecule has 0 saturated carbocycles. The molecule has 0 radical (unpaired) electrons. The predicted octanol–water partition coefficient (Wildman–Crippen LogP) is 7.95. The molecule has 0 spiro atoms. The number of alkyl halides is 3. The van der Waals surface area contributed by atoms with Gasteiger partial charge in [0, 0.05) is 13.0 Å². The molecule has 0 saturated heterocycles. The Bertz CT molecular complexity index is 1310. The van der Waals surface area contributed by atoms with E-state index < -0.39 is 40.7 Å². The summed E-state index contributed by atoms with van der Waals surface area (Å²) in [5.74, 6) is -0.561. The molecule has 1 atom stereocenters. The van der Waals surface area contributed by atoms with Crippen molar-refractivity contribution < 1.29 is 36.2 Å². The maximum absolute atomic E-state index is 13.7. The summed E-state index contributed by atoms with van der Waals surface area (Å²) in [4.78, 5) is 2.13. The highest BCUT2D eigenvalue weighted by atomic mass is 32.2. The van der Waals surface area contributed by atoms with Gasteiger partial charge in [-0.05, 0) is 130 Å². The molecule has 0 heterocycles. The Hall–Kier alpha value is -2.43. The van der Waals surface area contributed by atoms with E-state index in [0.717, 1.165) is 74.6 Å². The molecule has 2 N–H and O–H groups in total. The predicted molar refractivity (Wildman–Crippen MR) is 169 cm³/mol. The maximum atomic E-state index is 13.7. The number of fused-ring (bicyclic) bond motifs is 1. The Balaban J connectivity index is 1.49. The van der Waals surface area contributed by atoms with Crippen LogP contribution in [0.4, 0.5) is 17.6 Å². The monoisotopic (exact) mass is 641 g/mol. The van der Waals surface area contributed by atoms with E-state index in [4.69, 9.17) is 0 Å². The number of aromatic hydroxyl groups is 1. The summed E-state index contributed by atoms with van der Waals surface area (Å²) in [6, 6.07) is 12.3. The minimum Gasteiger partial charge on any atom is -0.508 e. The number of allylic oxidation sites excluding steroid dienone is 2. The van der Waals surface area contributed by atoms with Crippen LogP contribution in [0.5, 0.6) is 5.75 Å². The van der Waals surface area contributed by atoms with Crippen LogP contribution in [0.25, 0.3) is 11.1 Å². The third-order valence-corrected chi connectivity index (χ3v) is 9.93. The van der Waals surface area contributed by atoms with E-state index in [1.54, 1.807) is 13.0 Å². The van der Waals surface area contributed by atoms with Gasteiger partial charge in [0.05, 0.1) is 17.6 Å². The van der Waals surface area contributed by atoms with E-state index in [2.05, 4.69) is 4.90 Å². The smallest absolute Gasteiger partial charge is 0.389 e. The molecular formula is C34H47F4NO4S. The van der Waals surface area contributed by atoms with Crippen LogP contribution in [0.1, 0.15) is 94.2 Å². The van der Waals surface area contributed by atoms with E-state index >= 15 is 0 Å². The second-order valence-corrected chi connectivity index (χ2v) is 14.4. The van der Waals surface area contributed by atoms with Gasteiger partial charge in [0.1, 0.15) is 21.4 Å². The van der Waals surface area contributed by atoms with Crippen molar-refractivity contribution in [3.63, 3.8) is 0 Å². The highest BCUT2D eigenvalue weighted by molar-refractivity contribution is 7.91. The Morgan fingerprint density at radius 1 is 0.886 bits per heavy atom. The molecule has 10 heteroatoms. The minimum absolute atomic E-state index is 0.119. The molecule has 0 bridgehead atoms. The molecule has 0 aliphatic heterocycles. The number of phenolic OH excluding ortho intramolecular Hbond substituents is 1. The molecule has 1 aliphatic carbocycles. The van der Waals surface area contributed by atoms with Crippen molar-refractivity contribution >= 4 is 21.0 Å². The zero-order chi connectivity index (χ0) is 32.2. The van der Waals surface area contributed by atoms with Crippen molar-refractivity contribution in [1.29, 1.82) is 0 Å². The van der Waals surface area contributed by atoms with Crippen LogP contribution in [0.3, 0.4) is 0 Å². The third kappa shape index (κ3) is 12.9. The quantitative estimate of drug-likeness (QED) is 0.128. The van der Waals surface area contributed by atoms with Gasteiger partial charge in [-0.15, -0.1) is 0 Å². The fraction of sp³-hybridized carbons (Fsp3) is 0.588. The van der Waals surface area contributed by atoms with Gasteiger partial charge >= 0.3 is 6.18 Å². The second kappa shape index (κ2) is 17.3. The molecule has 1 unspecified atom stereocenters. The SMILES string of the molecule is CC(O)CN(CCCCCCC1=C(c2ccc(F)cc2)CCCc2cc(O)ccc21)CCCCS(=O)(=O)CCCC(F)(F)F. The number of phenols is 1. The first-order valence-electron chi connectivity index (χ1n) is 15.8. The van der Waals surface area contributed by atoms with Crippen molar-refractivity contribution in [1.82, 2.24) is 4.90 Å². The average Bonchev–Trinajstić information content (AvgIpc) is 3.11. The maximum Gasteiger partial charge on any atom is 0.389 e. The van der Waals surface area contributed by atoms with E-state index in [1.807, 2.05) is 24.3 Å². The van der Waals surface area contributed by atoms with Crippen LogP contribution in [0, 0.1) is 5.82 Å². The first kappa shape index (κ1) is 36.0. The topological polar surface area (TPSA) is 77.8 Å². The second-order valence-electron chi connectivity index (χ2n) is 12.1. The summed E-state index contributed by atoms with van der Waals surface area (Å²) in [5.41, 5.74) is 5.82. The number of hydrogen-bond acceptors (Lipinski definition) is 5. The van der Waals surface area contributed by atoms with Gasteiger partial charge in [-0.2, -0.15) is 13.2 Å². The normalized spacial score (nSPS) is 15.0. The molecule has 44 heavy (non-hydrogen) atoms. The number of unbranched alkanes of at least 4 members (excludes halogenated alkanes) is 4. The lowest BCUT2D eigenvalue weighted by Gasteiger charge is -2.23. The molecule has 5 nitrogen and oxygen atoms in total. The van der Waals surface area contributed by atoms with Crippen molar-refractivity contribution in [3.05, 3.63) is 65.0 Å². The number of aliphatic hydroxyl groups is 1. The number of nitrogens with zero attached hydrogens (tertiary/aromatic N) is 1. The van der Waals surface area contributed by atoms with Gasteiger partial charge in [-0.25, -0.2) is 12.8 Å². The average molecular weight is 642 g/mol. The summed E-state index contributed by atoms with van der Waals surface area (Å²) >= 11 is 0. The zero-order valence-corrected chi connectivity index (χ0v) is 26.5.